The highest BCUT2D eigenvalue weighted by Crippen LogP contribution is 2.37. The van der Waals surface area contributed by atoms with Crippen molar-refractivity contribution in [3.05, 3.63) is 23.0 Å². The normalized spacial score (nSPS) is 15.7. The Kier molecular flexibility index (Phi) is 5.25. The van der Waals surface area contributed by atoms with Crippen molar-refractivity contribution in [3.63, 3.8) is 0 Å². The van der Waals surface area contributed by atoms with Crippen LogP contribution in [-0.2, 0) is 9.53 Å². The Morgan fingerprint density at radius 1 is 1.57 bits per heavy atom. The van der Waals surface area contributed by atoms with Crippen LogP contribution in [0.15, 0.2) is 12.3 Å². The van der Waals surface area contributed by atoms with E-state index in [-0.39, 0.29) is 0 Å². The van der Waals surface area contributed by atoms with Crippen molar-refractivity contribution in [2.24, 2.45) is 0 Å². The number of carboxylic acid groups (broad SMARTS) is 1. The van der Waals surface area contributed by atoms with Gasteiger partial charge in [-0.15, -0.1) is 0 Å². The van der Waals surface area contributed by atoms with E-state index in [1.807, 2.05) is 4.57 Å². The summed E-state index contributed by atoms with van der Waals surface area (Å²) in [5, 5.41) is 12.2. The molecule has 1 aliphatic carbocycles. The van der Waals surface area contributed by atoms with Crippen molar-refractivity contribution < 1.29 is 19.4 Å². The first-order valence-corrected chi connectivity index (χ1v) is 7.30. The Morgan fingerprint density at radius 2 is 2.29 bits per heavy atom. The fraction of sp³-hybridized carbons (Fsp3) is 0.571. The molecular weight excluding hydrogens is 296 g/mol. The van der Waals surface area contributed by atoms with Crippen LogP contribution in [0.1, 0.15) is 42.2 Å². The zero-order valence-corrected chi connectivity index (χ0v) is 12.6. The van der Waals surface area contributed by atoms with Crippen molar-refractivity contribution in [1.29, 1.82) is 0 Å². The number of nitrogens with one attached hydrogen (secondary N) is 1. The van der Waals surface area contributed by atoms with Crippen LogP contribution in [0.4, 0.5) is 0 Å². The molecule has 1 aromatic rings. The van der Waals surface area contributed by atoms with Crippen LogP contribution in [0.2, 0.25) is 5.02 Å². The number of aromatic nitrogens is 1. The second-order valence-corrected chi connectivity index (χ2v) is 5.62. The first kappa shape index (κ1) is 15.9. The minimum atomic E-state index is -1.05. The fourth-order valence-corrected chi connectivity index (χ4v) is 2.41. The maximum atomic E-state index is 12.3. The monoisotopic (exact) mass is 314 g/mol. The number of halogens is 1. The van der Waals surface area contributed by atoms with Crippen molar-refractivity contribution >= 4 is 23.5 Å². The van der Waals surface area contributed by atoms with E-state index in [0.717, 1.165) is 12.8 Å². The fourth-order valence-electron chi connectivity index (χ4n) is 2.20. The Labute approximate surface area is 128 Å². The average molecular weight is 315 g/mol. The number of ether oxygens (including phenoxy) is 1. The van der Waals surface area contributed by atoms with Gasteiger partial charge in [0.15, 0.2) is 0 Å². The van der Waals surface area contributed by atoms with Gasteiger partial charge in [0, 0.05) is 26.0 Å². The first-order valence-electron chi connectivity index (χ1n) is 6.93. The van der Waals surface area contributed by atoms with Gasteiger partial charge >= 0.3 is 5.97 Å². The van der Waals surface area contributed by atoms with Gasteiger partial charge in [-0.25, -0.2) is 4.79 Å². The summed E-state index contributed by atoms with van der Waals surface area (Å²) in [6, 6.07) is 0.951. The molecule has 7 heteroatoms. The molecule has 21 heavy (non-hydrogen) atoms. The van der Waals surface area contributed by atoms with Crippen LogP contribution < -0.4 is 5.32 Å². The molecule has 1 atom stereocenters. The minimum absolute atomic E-state index is 0.301. The lowest BCUT2D eigenvalue weighted by Gasteiger charge is -2.15. The zero-order valence-electron chi connectivity index (χ0n) is 11.8. The molecule has 1 aliphatic rings. The van der Waals surface area contributed by atoms with Gasteiger partial charge in [-0.2, -0.15) is 0 Å². The molecule has 1 heterocycles. The first-order chi connectivity index (χ1) is 10.0. The van der Waals surface area contributed by atoms with E-state index < -0.39 is 17.9 Å². The zero-order chi connectivity index (χ0) is 15.4. The smallest absolute Gasteiger partial charge is 0.326 e. The van der Waals surface area contributed by atoms with Crippen LogP contribution in [0.5, 0.6) is 0 Å². The van der Waals surface area contributed by atoms with Crippen molar-refractivity contribution in [2.75, 3.05) is 13.7 Å². The second-order valence-electron chi connectivity index (χ2n) is 5.18. The van der Waals surface area contributed by atoms with Crippen LogP contribution in [0.3, 0.4) is 0 Å². The molecule has 6 nitrogen and oxygen atoms in total. The van der Waals surface area contributed by atoms with Crippen molar-refractivity contribution in [3.8, 4) is 0 Å². The molecule has 2 N–H and O–H groups in total. The van der Waals surface area contributed by atoms with E-state index in [9.17, 15) is 14.7 Å². The quantitative estimate of drug-likeness (QED) is 0.720. The predicted molar refractivity (Wildman–Crippen MR) is 77.7 cm³/mol. The van der Waals surface area contributed by atoms with Crippen LogP contribution in [0.25, 0.3) is 0 Å². The molecule has 1 saturated carbocycles. The van der Waals surface area contributed by atoms with E-state index in [2.05, 4.69) is 5.32 Å². The summed E-state index contributed by atoms with van der Waals surface area (Å²) in [7, 11) is 1.55. The summed E-state index contributed by atoms with van der Waals surface area (Å²) in [6.45, 7) is 0.462. The van der Waals surface area contributed by atoms with Crippen molar-refractivity contribution in [1.82, 2.24) is 9.88 Å². The highest BCUT2D eigenvalue weighted by Gasteiger charge is 2.29. The van der Waals surface area contributed by atoms with Gasteiger partial charge in [0.05, 0.1) is 5.02 Å². The topological polar surface area (TPSA) is 80.6 Å². The number of nitrogens with zero attached hydrogens (tertiary/aromatic N) is 1. The molecule has 0 aromatic carbocycles. The number of carboxylic acids is 1. The standard InChI is InChI=1S/C14H19ClN2O4/c1-21-6-2-3-11(14(19)20)16-13(18)12-7-9(15)8-17(12)10-4-5-10/h7-8,10-11H,2-6H2,1H3,(H,16,18)(H,19,20). The van der Waals surface area contributed by atoms with Gasteiger partial charge < -0.3 is 19.7 Å². The number of carbonyl (C=O) groups is 2. The molecule has 1 fully saturated rings. The lowest BCUT2D eigenvalue weighted by molar-refractivity contribution is -0.139. The summed E-state index contributed by atoms with van der Waals surface area (Å²) in [5.41, 5.74) is 0.417. The third kappa shape index (κ3) is 4.22. The van der Waals surface area contributed by atoms with Gasteiger partial charge in [-0.3, -0.25) is 4.79 Å². The van der Waals surface area contributed by atoms with Gasteiger partial charge in [0.2, 0.25) is 0 Å². The molecule has 1 amide bonds. The summed E-state index contributed by atoms with van der Waals surface area (Å²) in [4.78, 5) is 23.5. The summed E-state index contributed by atoms with van der Waals surface area (Å²) in [6.07, 6.45) is 4.64. The van der Waals surface area contributed by atoms with Crippen LogP contribution in [-0.4, -0.2) is 41.3 Å². The maximum Gasteiger partial charge on any atom is 0.326 e. The van der Waals surface area contributed by atoms with Gasteiger partial charge in [0.1, 0.15) is 11.7 Å². The van der Waals surface area contributed by atoms with Gasteiger partial charge in [0.25, 0.3) is 5.91 Å². The van der Waals surface area contributed by atoms with Gasteiger partial charge in [-0.1, -0.05) is 11.6 Å². The maximum absolute atomic E-state index is 12.3. The molecule has 0 spiro atoms. The molecule has 0 radical (unpaired) electrons. The molecule has 1 aromatic heterocycles. The predicted octanol–water partition coefficient (Wildman–Crippen LogP) is 2.09. The lowest BCUT2D eigenvalue weighted by Crippen LogP contribution is -2.41. The molecule has 0 aliphatic heterocycles. The molecule has 0 bridgehead atoms. The van der Waals surface area contributed by atoms with Crippen LogP contribution >= 0.6 is 11.6 Å². The number of rotatable bonds is 8. The van der Waals surface area contributed by atoms with E-state index >= 15 is 0 Å². The molecular formula is C14H19ClN2O4. The SMILES string of the molecule is COCCCC(NC(=O)c1cc(Cl)cn1C1CC1)C(=O)O. The van der Waals surface area contributed by atoms with E-state index in [1.54, 1.807) is 19.4 Å². The third-order valence-electron chi connectivity index (χ3n) is 3.43. The minimum Gasteiger partial charge on any atom is -0.480 e. The summed E-state index contributed by atoms with van der Waals surface area (Å²) in [5.74, 6) is -1.45. The molecule has 0 saturated heterocycles. The van der Waals surface area contributed by atoms with E-state index in [1.165, 1.54) is 0 Å². The number of hydrogen-bond acceptors (Lipinski definition) is 3. The third-order valence-corrected chi connectivity index (χ3v) is 3.64. The summed E-state index contributed by atoms with van der Waals surface area (Å²) >= 11 is 5.95. The highest BCUT2D eigenvalue weighted by atomic mass is 35.5. The van der Waals surface area contributed by atoms with Crippen molar-refractivity contribution in [2.45, 2.75) is 37.8 Å². The Morgan fingerprint density at radius 3 is 2.86 bits per heavy atom. The Balaban J connectivity index is 2.02. The summed E-state index contributed by atoms with van der Waals surface area (Å²) < 4.78 is 6.72. The number of methoxy groups -OCH3 is 1. The van der Waals surface area contributed by atoms with Crippen LogP contribution in [0, 0.1) is 0 Å². The molecule has 116 valence electrons. The number of carbonyl (C=O) groups excluding carboxylic acids is 1. The lowest BCUT2D eigenvalue weighted by atomic mass is 10.1. The van der Waals surface area contributed by atoms with Gasteiger partial charge in [-0.05, 0) is 31.7 Å². The average Bonchev–Trinajstić information content (AvgIpc) is 3.20. The van der Waals surface area contributed by atoms with E-state index in [0.29, 0.717) is 36.2 Å². The molecule has 1 unspecified atom stereocenters. The number of hydrogen-bond donors (Lipinski definition) is 2. The highest BCUT2D eigenvalue weighted by molar-refractivity contribution is 6.31. The Bertz CT molecular complexity index is 525. The molecule has 2 rings (SSSR count). The number of aliphatic carboxylic acids is 1. The van der Waals surface area contributed by atoms with E-state index in [4.69, 9.17) is 16.3 Å². The largest absolute Gasteiger partial charge is 0.480 e. The Hall–Kier alpha value is -1.53. The second kappa shape index (κ2) is 6.95. The number of amides is 1.